The zero-order valence-electron chi connectivity index (χ0n) is 18.5. The number of carbonyl (C=O) groups is 1. The number of nitrogens with one attached hydrogen (secondary N) is 3. The van der Waals surface area contributed by atoms with Crippen molar-refractivity contribution >= 4 is 40.0 Å². The van der Waals surface area contributed by atoms with Gasteiger partial charge in [0, 0.05) is 11.1 Å². The van der Waals surface area contributed by atoms with Crippen molar-refractivity contribution in [2.24, 2.45) is 0 Å². The van der Waals surface area contributed by atoms with E-state index in [1.165, 1.54) is 0 Å². The molecule has 168 valence electrons. The number of anilines is 1. The highest BCUT2D eigenvalue weighted by molar-refractivity contribution is 7.80. The molecule has 3 aromatic carbocycles. The summed E-state index contributed by atoms with van der Waals surface area (Å²) in [4.78, 5) is 20.6. The molecule has 0 spiro atoms. The Hall–Kier alpha value is -3.91. The molecule has 0 saturated carbocycles. The molecule has 1 amide bonds. The summed E-state index contributed by atoms with van der Waals surface area (Å²) in [5, 5.41) is 5.91. The van der Waals surface area contributed by atoms with Gasteiger partial charge in [-0.25, -0.2) is 4.98 Å². The summed E-state index contributed by atoms with van der Waals surface area (Å²) in [7, 11) is 1.57. The second kappa shape index (κ2) is 9.70. The average molecular weight is 461 g/mol. The van der Waals surface area contributed by atoms with Crippen LogP contribution in [0.15, 0.2) is 66.7 Å². The van der Waals surface area contributed by atoms with Crippen LogP contribution >= 0.6 is 12.2 Å². The van der Waals surface area contributed by atoms with Gasteiger partial charge in [-0.3, -0.25) is 10.1 Å². The lowest BCUT2D eigenvalue weighted by molar-refractivity contribution is 0.0977. The van der Waals surface area contributed by atoms with E-state index in [0.29, 0.717) is 22.7 Å². The maximum atomic E-state index is 12.7. The van der Waals surface area contributed by atoms with Gasteiger partial charge < -0.3 is 19.8 Å². The topological polar surface area (TPSA) is 88.3 Å². The van der Waals surface area contributed by atoms with E-state index >= 15 is 0 Å². The second-order valence-electron chi connectivity index (χ2n) is 7.62. The van der Waals surface area contributed by atoms with Gasteiger partial charge in [-0.15, -0.1) is 0 Å². The number of amides is 1. The van der Waals surface area contributed by atoms with Gasteiger partial charge in [0.1, 0.15) is 17.3 Å². The van der Waals surface area contributed by atoms with Crippen LogP contribution in [0.1, 0.15) is 24.2 Å². The van der Waals surface area contributed by atoms with Gasteiger partial charge in [0.2, 0.25) is 0 Å². The molecule has 0 atom stereocenters. The summed E-state index contributed by atoms with van der Waals surface area (Å²) in [5.74, 6) is 1.59. The Morgan fingerprint density at radius 2 is 1.88 bits per heavy atom. The lowest BCUT2D eigenvalue weighted by Gasteiger charge is -2.14. The smallest absolute Gasteiger partial charge is 0.257 e. The number of hydrogen-bond donors (Lipinski definition) is 3. The van der Waals surface area contributed by atoms with Gasteiger partial charge in [-0.1, -0.05) is 18.2 Å². The molecule has 0 aliphatic heterocycles. The number of fused-ring (bicyclic) bond motifs is 1. The molecule has 0 unspecified atom stereocenters. The SMILES string of the molecule is COc1ccc(-c2nc3ccccc3[nH]2)cc1NC(=S)NC(=O)c1cccc(OC(C)C)c1. The third-order valence-electron chi connectivity index (χ3n) is 4.81. The van der Waals surface area contributed by atoms with Gasteiger partial charge >= 0.3 is 0 Å². The Morgan fingerprint density at radius 3 is 2.64 bits per heavy atom. The molecule has 0 aliphatic carbocycles. The number of methoxy groups -OCH3 is 1. The van der Waals surface area contributed by atoms with Crippen molar-refractivity contribution in [1.29, 1.82) is 0 Å². The molecule has 8 heteroatoms. The van der Waals surface area contributed by atoms with Gasteiger partial charge in [0.25, 0.3) is 5.91 Å². The predicted molar refractivity (Wildman–Crippen MR) is 134 cm³/mol. The molecular formula is C25H24N4O3S. The number of carbonyl (C=O) groups excluding carboxylic acids is 1. The number of benzene rings is 3. The van der Waals surface area contributed by atoms with Crippen LogP contribution in [0, 0.1) is 0 Å². The number of thiocarbonyl (C=S) groups is 1. The van der Waals surface area contributed by atoms with Gasteiger partial charge in [-0.05, 0) is 74.6 Å². The summed E-state index contributed by atoms with van der Waals surface area (Å²) in [6.07, 6.45) is 0.0116. The first kappa shape index (κ1) is 22.3. The van der Waals surface area contributed by atoms with E-state index in [1.54, 1.807) is 25.3 Å². The Labute approximate surface area is 197 Å². The minimum atomic E-state index is -0.339. The maximum absolute atomic E-state index is 12.7. The van der Waals surface area contributed by atoms with Crippen molar-refractivity contribution in [3.63, 3.8) is 0 Å². The lowest BCUT2D eigenvalue weighted by Crippen LogP contribution is -2.34. The molecule has 4 aromatic rings. The van der Waals surface area contributed by atoms with Crippen molar-refractivity contribution in [3.05, 3.63) is 72.3 Å². The summed E-state index contributed by atoms with van der Waals surface area (Å²) in [6.45, 7) is 3.86. The fraction of sp³-hybridized carbons (Fsp3) is 0.160. The minimum Gasteiger partial charge on any atom is -0.495 e. The number of imidazole rings is 1. The van der Waals surface area contributed by atoms with Crippen LogP contribution in [0.5, 0.6) is 11.5 Å². The minimum absolute atomic E-state index is 0.0116. The van der Waals surface area contributed by atoms with E-state index < -0.39 is 0 Å². The van der Waals surface area contributed by atoms with Crippen LogP contribution in [0.4, 0.5) is 5.69 Å². The average Bonchev–Trinajstić information content (AvgIpc) is 3.23. The lowest BCUT2D eigenvalue weighted by atomic mass is 10.1. The van der Waals surface area contributed by atoms with Crippen LogP contribution in [0.2, 0.25) is 0 Å². The monoisotopic (exact) mass is 460 g/mol. The predicted octanol–water partition coefficient (Wildman–Crippen LogP) is 5.15. The standard InChI is InChI=1S/C25H24N4O3S/c1-15(2)32-18-8-6-7-17(13-18)24(30)29-25(33)28-21-14-16(11-12-22(21)31-3)23-26-19-9-4-5-10-20(19)27-23/h4-15H,1-3H3,(H,26,27)(H2,28,29,30,33). The summed E-state index contributed by atoms with van der Waals surface area (Å²) >= 11 is 5.38. The van der Waals surface area contributed by atoms with Crippen LogP contribution in [-0.2, 0) is 0 Å². The number of hydrogen-bond acceptors (Lipinski definition) is 5. The van der Waals surface area contributed by atoms with Crippen molar-refractivity contribution in [3.8, 4) is 22.9 Å². The van der Waals surface area contributed by atoms with Crippen LogP contribution in [-0.4, -0.2) is 34.2 Å². The number of rotatable bonds is 6. The zero-order chi connectivity index (χ0) is 23.4. The second-order valence-corrected chi connectivity index (χ2v) is 8.03. The van der Waals surface area contributed by atoms with Gasteiger partial charge in [-0.2, -0.15) is 0 Å². The Kier molecular flexibility index (Phi) is 6.55. The number of aromatic nitrogens is 2. The van der Waals surface area contributed by atoms with Crippen LogP contribution < -0.4 is 20.1 Å². The molecule has 0 radical (unpaired) electrons. The Balaban J connectivity index is 1.51. The fourth-order valence-electron chi connectivity index (χ4n) is 3.35. The van der Waals surface area contributed by atoms with E-state index in [9.17, 15) is 4.79 Å². The van der Waals surface area contributed by atoms with E-state index in [1.807, 2.05) is 62.4 Å². The first-order chi connectivity index (χ1) is 15.9. The number of ether oxygens (including phenoxy) is 2. The third kappa shape index (κ3) is 5.30. The highest BCUT2D eigenvalue weighted by atomic mass is 32.1. The molecule has 1 heterocycles. The van der Waals surface area contributed by atoms with E-state index in [4.69, 9.17) is 21.7 Å². The molecule has 0 fully saturated rings. The molecular weight excluding hydrogens is 436 g/mol. The molecule has 7 nitrogen and oxygen atoms in total. The summed E-state index contributed by atoms with van der Waals surface area (Å²) in [5.41, 5.74) is 3.73. The highest BCUT2D eigenvalue weighted by Crippen LogP contribution is 2.30. The van der Waals surface area contributed by atoms with Crippen LogP contribution in [0.3, 0.4) is 0 Å². The van der Waals surface area contributed by atoms with Crippen molar-refractivity contribution in [1.82, 2.24) is 15.3 Å². The maximum Gasteiger partial charge on any atom is 0.257 e. The van der Waals surface area contributed by atoms with E-state index in [0.717, 1.165) is 22.4 Å². The third-order valence-corrected chi connectivity index (χ3v) is 5.01. The Morgan fingerprint density at radius 1 is 1.06 bits per heavy atom. The molecule has 33 heavy (non-hydrogen) atoms. The largest absolute Gasteiger partial charge is 0.495 e. The molecule has 1 aromatic heterocycles. The Bertz CT molecular complexity index is 1280. The van der Waals surface area contributed by atoms with Crippen molar-refractivity contribution < 1.29 is 14.3 Å². The molecule has 0 aliphatic rings. The fourth-order valence-corrected chi connectivity index (χ4v) is 3.56. The summed E-state index contributed by atoms with van der Waals surface area (Å²) < 4.78 is 11.1. The molecule has 3 N–H and O–H groups in total. The van der Waals surface area contributed by atoms with Gasteiger partial charge in [0.05, 0.1) is 29.9 Å². The quantitative estimate of drug-likeness (QED) is 0.345. The molecule has 0 saturated heterocycles. The van der Waals surface area contributed by atoms with E-state index in [2.05, 4.69) is 20.6 Å². The summed E-state index contributed by atoms with van der Waals surface area (Å²) in [6, 6.07) is 20.4. The van der Waals surface area contributed by atoms with Crippen molar-refractivity contribution in [2.45, 2.75) is 20.0 Å². The number of para-hydroxylation sites is 2. The molecule has 0 bridgehead atoms. The van der Waals surface area contributed by atoms with Gasteiger partial charge in [0.15, 0.2) is 5.11 Å². The zero-order valence-corrected chi connectivity index (χ0v) is 19.3. The van der Waals surface area contributed by atoms with Crippen LogP contribution in [0.25, 0.3) is 22.4 Å². The molecule has 4 rings (SSSR count). The first-order valence-corrected chi connectivity index (χ1v) is 10.9. The number of aromatic amines is 1. The van der Waals surface area contributed by atoms with Crippen molar-refractivity contribution in [2.75, 3.05) is 12.4 Å². The number of nitrogens with zero attached hydrogens (tertiary/aromatic N) is 1. The first-order valence-electron chi connectivity index (χ1n) is 10.4. The highest BCUT2D eigenvalue weighted by Gasteiger charge is 2.13. The van der Waals surface area contributed by atoms with E-state index in [-0.39, 0.29) is 17.1 Å². The normalized spacial score (nSPS) is 10.8. The number of H-pyrrole nitrogens is 1.